The Kier molecular flexibility index (Phi) is 5.77. The van der Waals surface area contributed by atoms with Crippen molar-refractivity contribution >= 4 is 17.4 Å². The fourth-order valence-electron chi connectivity index (χ4n) is 3.72. The lowest BCUT2D eigenvalue weighted by Gasteiger charge is -2.27. The molecule has 1 heterocycles. The first kappa shape index (κ1) is 21.3. The Labute approximate surface area is 185 Å². The summed E-state index contributed by atoms with van der Waals surface area (Å²) in [5.74, 6) is -1.36. The molecule has 0 bridgehead atoms. The molecular formula is C26H22FNO4. The van der Waals surface area contributed by atoms with E-state index in [1.54, 1.807) is 38.1 Å². The van der Waals surface area contributed by atoms with Crippen LogP contribution in [0.25, 0.3) is 0 Å². The number of nitrogens with zero attached hydrogens (tertiary/aromatic N) is 1. The van der Waals surface area contributed by atoms with Crippen molar-refractivity contribution in [3.8, 4) is 11.5 Å². The lowest BCUT2D eigenvalue weighted by molar-refractivity contribution is -0.119. The van der Waals surface area contributed by atoms with E-state index in [0.717, 1.165) is 0 Å². The van der Waals surface area contributed by atoms with Gasteiger partial charge in [0.05, 0.1) is 11.6 Å². The molecule has 32 heavy (non-hydrogen) atoms. The maximum Gasteiger partial charge on any atom is 0.294 e. The summed E-state index contributed by atoms with van der Waals surface area (Å²) in [7, 11) is 0. The van der Waals surface area contributed by atoms with Gasteiger partial charge in [0, 0.05) is 11.6 Å². The average Bonchev–Trinajstić information content (AvgIpc) is 3.05. The van der Waals surface area contributed by atoms with Gasteiger partial charge >= 0.3 is 0 Å². The van der Waals surface area contributed by atoms with E-state index < -0.39 is 29.4 Å². The van der Waals surface area contributed by atoms with Crippen LogP contribution in [0, 0.1) is 11.7 Å². The number of benzene rings is 3. The van der Waals surface area contributed by atoms with Crippen LogP contribution in [0.4, 0.5) is 10.1 Å². The number of Topliss-reactive ketones (excluding diaryl/α,β-unsaturated/α-hetero) is 1. The monoisotopic (exact) mass is 431 g/mol. The van der Waals surface area contributed by atoms with E-state index in [1.165, 1.54) is 29.2 Å². The van der Waals surface area contributed by atoms with Gasteiger partial charge in [0.2, 0.25) is 0 Å². The molecule has 1 unspecified atom stereocenters. The molecule has 1 amide bonds. The largest absolute Gasteiger partial charge is 0.503 e. The standard InChI is InChI=1S/C26H22FNO4/c1-16(2)24(29)22-23(28(26(31)25(22)30)19-13-11-18(27)12-14-19)17-7-6-10-21(15-17)32-20-8-4-3-5-9-20/h3-16,23,30H,1-2H3. The number of aliphatic hydroxyl groups is 1. The van der Waals surface area contributed by atoms with Crippen molar-refractivity contribution in [2.24, 2.45) is 5.92 Å². The number of carbonyl (C=O) groups is 2. The molecule has 1 aliphatic rings. The van der Waals surface area contributed by atoms with Gasteiger partial charge in [-0.3, -0.25) is 14.5 Å². The Hall–Kier alpha value is -3.93. The molecule has 1 N–H and O–H groups in total. The van der Waals surface area contributed by atoms with Crippen molar-refractivity contribution in [2.75, 3.05) is 4.90 Å². The van der Waals surface area contributed by atoms with Gasteiger partial charge in [0.25, 0.3) is 5.91 Å². The highest BCUT2D eigenvalue weighted by Gasteiger charge is 2.44. The minimum Gasteiger partial charge on any atom is -0.503 e. The van der Waals surface area contributed by atoms with E-state index in [4.69, 9.17) is 4.74 Å². The summed E-state index contributed by atoms with van der Waals surface area (Å²) in [6.07, 6.45) is 0. The van der Waals surface area contributed by atoms with Crippen LogP contribution in [0.15, 0.2) is 90.2 Å². The molecule has 4 rings (SSSR count). The van der Waals surface area contributed by atoms with Crippen LogP contribution in [0.2, 0.25) is 0 Å². The molecule has 162 valence electrons. The SMILES string of the molecule is CC(C)C(=O)C1=C(O)C(=O)N(c2ccc(F)cc2)C1c1cccc(Oc2ccccc2)c1. The van der Waals surface area contributed by atoms with E-state index >= 15 is 0 Å². The number of halogens is 1. The number of rotatable bonds is 6. The minimum atomic E-state index is -0.873. The van der Waals surface area contributed by atoms with Gasteiger partial charge in [-0.2, -0.15) is 0 Å². The van der Waals surface area contributed by atoms with E-state index in [2.05, 4.69) is 0 Å². The first-order valence-corrected chi connectivity index (χ1v) is 10.3. The topological polar surface area (TPSA) is 66.8 Å². The number of amides is 1. The lowest BCUT2D eigenvalue weighted by Crippen LogP contribution is -2.31. The summed E-state index contributed by atoms with van der Waals surface area (Å²) >= 11 is 0. The predicted molar refractivity (Wildman–Crippen MR) is 119 cm³/mol. The van der Waals surface area contributed by atoms with E-state index in [1.807, 2.05) is 30.3 Å². The summed E-state index contributed by atoms with van der Waals surface area (Å²) in [6.45, 7) is 3.42. The second kappa shape index (κ2) is 8.67. The zero-order chi connectivity index (χ0) is 22.8. The van der Waals surface area contributed by atoms with Crippen LogP contribution in [0.5, 0.6) is 11.5 Å². The molecular weight excluding hydrogens is 409 g/mol. The quantitative estimate of drug-likeness (QED) is 0.540. The third-order valence-corrected chi connectivity index (χ3v) is 5.26. The van der Waals surface area contributed by atoms with Crippen LogP contribution < -0.4 is 9.64 Å². The zero-order valence-electron chi connectivity index (χ0n) is 17.7. The van der Waals surface area contributed by atoms with Crippen molar-refractivity contribution in [3.63, 3.8) is 0 Å². The highest BCUT2D eigenvalue weighted by molar-refractivity contribution is 6.16. The number of carbonyl (C=O) groups excluding carboxylic acids is 2. The number of aliphatic hydroxyl groups excluding tert-OH is 1. The first-order valence-electron chi connectivity index (χ1n) is 10.3. The van der Waals surface area contributed by atoms with Gasteiger partial charge in [0.1, 0.15) is 17.3 Å². The minimum absolute atomic E-state index is 0.0196. The molecule has 3 aromatic carbocycles. The number of ether oxygens (including phenoxy) is 1. The molecule has 0 fully saturated rings. The van der Waals surface area contributed by atoms with Crippen molar-refractivity contribution in [2.45, 2.75) is 19.9 Å². The summed E-state index contributed by atoms with van der Waals surface area (Å²) in [5.41, 5.74) is 0.976. The molecule has 0 spiro atoms. The number of hydrogen-bond donors (Lipinski definition) is 1. The maximum atomic E-state index is 13.5. The second-order valence-corrected chi connectivity index (χ2v) is 7.82. The van der Waals surface area contributed by atoms with Crippen LogP contribution in [0.1, 0.15) is 25.5 Å². The van der Waals surface area contributed by atoms with Crippen LogP contribution in [0.3, 0.4) is 0 Å². The molecule has 1 aliphatic heterocycles. The fraction of sp³-hybridized carbons (Fsp3) is 0.154. The predicted octanol–water partition coefficient (Wildman–Crippen LogP) is 5.74. The van der Waals surface area contributed by atoms with Crippen molar-refractivity contribution in [3.05, 3.63) is 102 Å². The van der Waals surface area contributed by atoms with Crippen LogP contribution in [-0.2, 0) is 9.59 Å². The fourth-order valence-corrected chi connectivity index (χ4v) is 3.72. The number of para-hydroxylation sites is 1. The Morgan fingerprint density at radius 3 is 2.28 bits per heavy atom. The first-order chi connectivity index (χ1) is 15.4. The number of ketones is 1. The third kappa shape index (κ3) is 3.99. The molecule has 5 nitrogen and oxygen atoms in total. The van der Waals surface area contributed by atoms with Gasteiger partial charge in [-0.25, -0.2) is 4.39 Å². The van der Waals surface area contributed by atoms with Crippen molar-refractivity contribution < 1.29 is 23.8 Å². The highest BCUT2D eigenvalue weighted by atomic mass is 19.1. The van der Waals surface area contributed by atoms with E-state index in [-0.39, 0.29) is 11.4 Å². The second-order valence-electron chi connectivity index (χ2n) is 7.82. The van der Waals surface area contributed by atoms with Gasteiger partial charge in [-0.15, -0.1) is 0 Å². The molecule has 0 saturated heterocycles. The Bertz CT molecular complexity index is 1190. The van der Waals surface area contributed by atoms with Crippen molar-refractivity contribution in [1.29, 1.82) is 0 Å². The normalized spacial score (nSPS) is 16.1. The van der Waals surface area contributed by atoms with Crippen molar-refractivity contribution in [1.82, 2.24) is 0 Å². The Morgan fingerprint density at radius 1 is 0.969 bits per heavy atom. The zero-order valence-corrected chi connectivity index (χ0v) is 17.7. The molecule has 0 saturated carbocycles. The van der Waals surface area contributed by atoms with Gasteiger partial charge < -0.3 is 9.84 Å². The smallest absolute Gasteiger partial charge is 0.294 e. The highest BCUT2D eigenvalue weighted by Crippen LogP contribution is 2.42. The average molecular weight is 431 g/mol. The molecule has 0 radical (unpaired) electrons. The summed E-state index contributed by atoms with van der Waals surface area (Å²) < 4.78 is 19.4. The maximum absolute atomic E-state index is 13.5. The van der Waals surface area contributed by atoms with Gasteiger partial charge in [0.15, 0.2) is 11.5 Å². The molecule has 3 aromatic rings. The third-order valence-electron chi connectivity index (χ3n) is 5.26. The Morgan fingerprint density at radius 2 is 1.62 bits per heavy atom. The molecule has 0 aromatic heterocycles. The summed E-state index contributed by atoms with van der Waals surface area (Å²) in [5, 5.41) is 10.7. The summed E-state index contributed by atoms with van der Waals surface area (Å²) in [4.78, 5) is 27.3. The van der Waals surface area contributed by atoms with Gasteiger partial charge in [-0.05, 0) is 54.1 Å². The molecule has 1 atom stereocenters. The number of hydrogen-bond acceptors (Lipinski definition) is 4. The van der Waals surface area contributed by atoms with Crippen LogP contribution >= 0.6 is 0 Å². The summed E-state index contributed by atoms with van der Waals surface area (Å²) in [6, 6.07) is 20.7. The molecule has 0 aliphatic carbocycles. The van der Waals surface area contributed by atoms with Crippen LogP contribution in [-0.4, -0.2) is 16.8 Å². The van der Waals surface area contributed by atoms with E-state index in [9.17, 15) is 19.1 Å². The number of anilines is 1. The van der Waals surface area contributed by atoms with E-state index in [0.29, 0.717) is 22.7 Å². The molecule has 6 heteroatoms. The lowest BCUT2D eigenvalue weighted by atomic mass is 9.91. The Balaban J connectivity index is 1.81. The van der Waals surface area contributed by atoms with Gasteiger partial charge in [-0.1, -0.05) is 44.2 Å².